The molecule has 2 aromatic heterocycles. The highest BCUT2D eigenvalue weighted by Gasteiger charge is 2.26. The molecule has 8 nitrogen and oxygen atoms in total. The Labute approximate surface area is 184 Å². The minimum atomic E-state index is -0.166. The number of hydrogen-bond donors (Lipinski definition) is 2. The number of benzene rings is 1. The van der Waals surface area contributed by atoms with E-state index in [2.05, 4.69) is 31.2 Å². The predicted molar refractivity (Wildman–Crippen MR) is 121 cm³/mol. The van der Waals surface area contributed by atoms with Crippen LogP contribution in [0.25, 0.3) is 10.3 Å². The Morgan fingerprint density at radius 2 is 2.13 bits per heavy atom. The number of hydrogen-bond acceptors (Lipinski definition) is 8. The smallest absolute Gasteiger partial charge is 0.280 e. The summed E-state index contributed by atoms with van der Waals surface area (Å²) in [6.07, 6.45) is 6.04. The number of aromatic nitrogens is 3. The van der Waals surface area contributed by atoms with Gasteiger partial charge in [-0.05, 0) is 61.8 Å². The molecule has 1 fully saturated rings. The van der Waals surface area contributed by atoms with Crippen molar-refractivity contribution in [3.63, 3.8) is 0 Å². The van der Waals surface area contributed by atoms with E-state index in [9.17, 15) is 4.79 Å². The second-order valence-electron chi connectivity index (χ2n) is 8.02. The van der Waals surface area contributed by atoms with Crippen LogP contribution in [0, 0.1) is 11.3 Å². The van der Waals surface area contributed by atoms with Gasteiger partial charge in [-0.3, -0.25) is 4.79 Å². The van der Waals surface area contributed by atoms with Gasteiger partial charge in [0.05, 0.1) is 7.11 Å². The zero-order valence-electron chi connectivity index (χ0n) is 17.4. The molecule has 1 saturated carbocycles. The largest absolute Gasteiger partial charge is 0.497 e. The number of nitrogens with zero attached hydrogens (tertiary/aromatic N) is 4. The Bertz CT molecular complexity index is 1150. The van der Waals surface area contributed by atoms with E-state index in [-0.39, 0.29) is 5.91 Å². The molecule has 0 saturated heterocycles. The van der Waals surface area contributed by atoms with Gasteiger partial charge in [0.15, 0.2) is 10.8 Å². The van der Waals surface area contributed by atoms with Crippen LogP contribution in [0.1, 0.15) is 41.0 Å². The zero-order chi connectivity index (χ0) is 21.4. The van der Waals surface area contributed by atoms with Crippen LogP contribution in [0.3, 0.4) is 0 Å². The number of amides is 1. The maximum absolute atomic E-state index is 12.7. The Morgan fingerprint density at radius 3 is 2.94 bits per heavy atom. The lowest BCUT2D eigenvalue weighted by Crippen LogP contribution is -2.31. The molecule has 1 aliphatic carbocycles. The topological polar surface area (TPSA) is 104 Å². The maximum atomic E-state index is 12.7. The van der Waals surface area contributed by atoms with Gasteiger partial charge >= 0.3 is 0 Å². The van der Waals surface area contributed by atoms with E-state index in [0.29, 0.717) is 27.8 Å². The molecule has 0 radical (unpaired) electrons. The SMILES string of the molecule is COc1ccc2c(c1)CCN2c1ncnc2sc(C(=O)NCC3CCC(=N)CC3)nc12. The molecular formula is C22H24N6O2S. The van der Waals surface area contributed by atoms with Crippen LogP contribution in [0.2, 0.25) is 0 Å². The third-order valence-electron chi connectivity index (χ3n) is 6.07. The first-order valence-electron chi connectivity index (χ1n) is 10.5. The van der Waals surface area contributed by atoms with E-state index < -0.39 is 0 Å². The van der Waals surface area contributed by atoms with Crippen molar-refractivity contribution in [1.82, 2.24) is 20.3 Å². The van der Waals surface area contributed by atoms with Crippen LogP contribution in [-0.4, -0.2) is 46.8 Å². The fraction of sp³-hybridized carbons (Fsp3) is 0.409. The number of anilines is 2. The molecule has 0 spiro atoms. The molecule has 2 aliphatic rings. The number of methoxy groups -OCH3 is 1. The molecule has 1 aromatic carbocycles. The van der Waals surface area contributed by atoms with Crippen molar-refractivity contribution >= 4 is 44.8 Å². The lowest BCUT2D eigenvalue weighted by atomic mass is 9.88. The van der Waals surface area contributed by atoms with Gasteiger partial charge in [0.2, 0.25) is 0 Å². The molecule has 0 bridgehead atoms. The van der Waals surface area contributed by atoms with Crippen LogP contribution in [0.5, 0.6) is 5.75 Å². The summed E-state index contributed by atoms with van der Waals surface area (Å²) in [5.41, 5.74) is 3.77. The van der Waals surface area contributed by atoms with Crippen molar-refractivity contribution in [3.8, 4) is 5.75 Å². The molecule has 2 N–H and O–H groups in total. The van der Waals surface area contributed by atoms with E-state index in [4.69, 9.17) is 10.1 Å². The molecule has 3 heterocycles. The number of fused-ring (bicyclic) bond motifs is 2. The lowest BCUT2D eigenvalue weighted by molar-refractivity contribution is 0.0945. The standard InChI is InChI=1S/C22H24N6O2S/c1-30-16-6-7-17-14(10-16)8-9-28(17)19-18-21(26-12-25-19)31-22(27-18)20(29)24-11-13-2-4-15(23)5-3-13/h6-7,10,12-13,23H,2-5,8-9,11H2,1H3,(H,24,29). The number of carbonyl (C=O) groups excluding carboxylic acids is 1. The molecule has 5 rings (SSSR count). The summed E-state index contributed by atoms with van der Waals surface area (Å²) in [7, 11) is 1.67. The van der Waals surface area contributed by atoms with Gasteiger partial charge in [0.25, 0.3) is 5.91 Å². The third-order valence-corrected chi connectivity index (χ3v) is 7.03. The number of nitrogens with one attached hydrogen (secondary N) is 2. The zero-order valence-corrected chi connectivity index (χ0v) is 18.2. The van der Waals surface area contributed by atoms with Crippen molar-refractivity contribution in [2.45, 2.75) is 32.1 Å². The highest BCUT2D eigenvalue weighted by molar-refractivity contribution is 7.19. The Morgan fingerprint density at radius 1 is 1.29 bits per heavy atom. The summed E-state index contributed by atoms with van der Waals surface area (Å²) in [4.78, 5) is 29.1. The summed E-state index contributed by atoms with van der Waals surface area (Å²) >= 11 is 1.30. The van der Waals surface area contributed by atoms with Crippen molar-refractivity contribution in [1.29, 1.82) is 5.41 Å². The number of rotatable bonds is 5. The Balaban J connectivity index is 1.36. The average molecular weight is 437 g/mol. The Hall–Kier alpha value is -3.07. The first-order valence-corrected chi connectivity index (χ1v) is 11.3. The van der Waals surface area contributed by atoms with E-state index in [1.165, 1.54) is 23.2 Å². The van der Waals surface area contributed by atoms with Crippen LogP contribution in [0.4, 0.5) is 11.5 Å². The lowest BCUT2D eigenvalue weighted by Gasteiger charge is -2.22. The average Bonchev–Trinajstić information content (AvgIpc) is 3.42. The van der Waals surface area contributed by atoms with Crippen LogP contribution in [-0.2, 0) is 6.42 Å². The normalized spacial score (nSPS) is 18.3. The molecule has 9 heteroatoms. The minimum absolute atomic E-state index is 0.166. The quantitative estimate of drug-likeness (QED) is 0.632. The summed E-state index contributed by atoms with van der Waals surface area (Å²) in [5.74, 6) is 1.84. The summed E-state index contributed by atoms with van der Waals surface area (Å²) in [5, 5.41) is 11.2. The van der Waals surface area contributed by atoms with Gasteiger partial charge in [0.1, 0.15) is 22.4 Å². The highest BCUT2D eigenvalue weighted by atomic mass is 32.1. The number of thiazole rings is 1. The van der Waals surface area contributed by atoms with Crippen molar-refractivity contribution in [2.24, 2.45) is 5.92 Å². The third kappa shape index (κ3) is 3.85. The van der Waals surface area contributed by atoms with Gasteiger partial charge in [-0.1, -0.05) is 11.3 Å². The molecule has 0 atom stereocenters. The van der Waals surface area contributed by atoms with Crippen molar-refractivity contribution < 1.29 is 9.53 Å². The minimum Gasteiger partial charge on any atom is -0.497 e. The van der Waals surface area contributed by atoms with Crippen molar-refractivity contribution in [3.05, 3.63) is 35.1 Å². The molecule has 31 heavy (non-hydrogen) atoms. The molecule has 1 aliphatic heterocycles. The molecule has 0 unspecified atom stereocenters. The summed E-state index contributed by atoms with van der Waals surface area (Å²) in [6, 6.07) is 6.04. The van der Waals surface area contributed by atoms with Gasteiger partial charge in [0, 0.05) is 24.5 Å². The van der Waals surface area contributed by atoms with Crippen LogP contribution in [0.15, 0.2) is 24.5 Å². The molecular weight excluding hydrogens is 412 g/mol. The van der Waals surface area contributed by atoms with Gasteiger partial charge in [-0.25, -0.2) is 15.0 Å². The van der Waals surface area contributed by atoms with E-state index in [0.717, 1.165) is 61.6 Å². The fourth-order valence-electron chi connectivity index (χ4n) is 4.30. The summed E-state index contributed by atoms with van der Waals surface area (Å²) in [6.45, 7) is 1.42. The second kappa shape index (κ2) is 8.22. The second-order valence-corrected chi connectivity index (χ2v) is 9.00. The molecule has 1 amide bonds. The Kier molecular flexibility index (Phi) is 5.27. The number of ether oxygens (including phenoxy) is 1. The van der Waals surface area contributed by atoms with E-state index in [1.807, 2.05) is 12.1 Å². The maximum Gasteiger partial charge on any atom is 0.280 e. The van der Waals surface area contributed by atoms with Gasteiger partial charge < -0.3 is 20.4 Å². The first kappa shape index (κ1) is 19.9. The molecule has 160 valence electrons. The highest BCUT2D eigenvalue weighted by Crippen LogP contribution is 2.38. The van der Waals surface area contributed by atoms with Crippen LogP contribution < -0.4 is 15.0 Å². The van der Waals surface area contributed by atoms with Gasteiger partial charge in [-0.15, -0.1) is 0 Å². The fourth-order valence-corrected chi connectivity index (χ4v) is 5.12. The summed E-state index contributed by atoms with van der Waals surface area (Å²) < 4.78 is 5.34. The van der Waals surface area contributed by atoms with Gasteiger partial charge in [-0.2, -0.15) is 0 Å². The first-order chi connectivity index (χ1) is 15.1. The van der Waals surface area contributed by atoms with Crippen molar-refractivity contribution in [2.75, 3.05) is 25.1 Å². The van der Waals surface area contributed by atoms with E-state index >= 15 is 0 Å². The van der Waals surface area contributed by atoms with Crippen LogP contribution >= 0.6 is 11.3 Å². The number of carbonyl (C=O) groups is 1. The monoisotopic (exact) mass is 436 g/mol. The predicted octanol–water partition coefficient (Wildman–Crippen LogP) is 3.73. The van der Waals surface area contributed by atoms with E-state index in [1.54, 1.807) is 7.11 Å². The molecule has 3 aromatic rings.